The number of rotatable bonds is 4. The lowest BCUT2D eigenvalue weighted by Crippen LogP contribution is -2.25. The number of hydrogen-bond acceptors (Lipinski definition) is 4. The fraction of sp³-hybridized carbons (Fsp3) is 0.333. The van der Waals surface area contributed by atoms with Crippen molar-refractivity contribution in [1.29, 1.82) is 0 Å². The Morgan fingerprint density at radius 3 is 3.00 bits per heavy atom. The van der Waals surface area contributed by atoms with Gasteiger partial charge in [-0.3, -0.25) is 4.79 Å². The van der Waals surface area contributed by atoms with E-state index >= 15 is 0 Å². The molecule has 4 nitrogen and oxygen atoms in total. The Kier molecular flexibility index (Phi) is 4.71. The van der Waals surface area contributed by atoms with Gasteiger partial charge in [0.15, 0.2) is 0 Å². The summed E-state index contributed by atoms with van der Waals surface area (Å²) in [6.45, 7) is 0.625. The number of nitrogens with zero attached hydrogens (tertiary/aromatic N) is 1. The molecule has 1 aromatic rings. The lowest BCUT2D eigenvalue weighted by Gasteiger charge is -2.04. The van der Waals surface area contributed by atoms with Gasteiger partial charge in [-0.15, -0.1) is 0 Å². The minimum absolute atomic E-state index is 0.181. The monoisotopic (exact) mass is 245 g/mol. The van der Waals surface area contributed by atoms with E-state index in [1.807, 2.05) is 6.26 Å². The van der Waals surface area contributed by atoms with E-state index in [9.17, 15) is 4.79 Å². The molecule has 0 aliphatic rings. The van der Waals surface area contributed by atoms with Gasteiger partial charge in [-0.25, -0.2) is 4.98 Å². The van der Waals surface area contributed by atoms with Crippen molar-refractivity contribution >= 4 is 35.1 Å². The van der Waals surface area contributed by atoms with Crippen LogP contribution in [-0.2, 0) is 0 Å². The standard InChI is InChI=1S/C9H12ClN3OS/c1-15-3-2-12-9(14)6-4-7(10)13-8(11)5-6/h4-5H,2-3H2,1H3,(H2,11,13)(H,12,14). The van der Waals surface area contributed by atoms with Gasteiger partial charge >= 0.3 is 0 Å². The van der Waals surface area contributed by atoms with E-state index in [0.717, 1.165) is 5.75 Å². The van der Waals surface area contributed by atoms with Crippen LogP contribution >= 0.6 is 23.4 Å². The molecule has 0 aliphatic heterocycles. The number of nitrogen functional groups attached to an aromatic ring is 1. The minimum atomic E-state index is -0.181. The summed E-state index contributed by atoms with van der Waals surface area (Å²) in [5, 5.41) is 2.98. The molecule has 0 aliphatic carbocycles. The van der Waals surface area contributed by atoms with Crippen LogP contribution in [0, 0.1) is 0 Å². The molecule has 1 rings (SSSR count). The van der Waals surface area contributed by atoms with Gasteiger partial charge in [0.1, 0.15) is 11.0 Å². The predicted molar refractivity (Wildman–Crippen MR) is 64.4 cm³/mol. The maximum absolute atomic E-state index is 11.6. The average molecular weight is 246 g/mol. The van der Waals surface area contributed by atoms with Gasteiger partial charge in [-0.2, -0.15) is 11.8 Å². The van der Waals surface area contributed by atoms with Gasteiger partial charge in [0.05, 0.1) is 0 Å². The Bertz CT molecular complexity index is 339. The van der Waals surface area contributed by atoms with E-state index in [4.69, 9.17) is 17.3 Å². The molecule has 3 N–H and O–H groups in total. The molecule has 15 heavy (non-hydrogen) atoms. The van der Waals surface area contributed by atoms with Gasteiger partial charge < -0.3 is 11.1 Å². The number of carbonyl (C=O) groups excluding carboxylic acids is 1. The lowest BCUT2D eigenvalue weighted by molar-refractivity contribution is 0.0956. The molecule has 1 aromatic heterocycles. The zero-order chi connectivity index (χ0) is 11.3. The Balaban J connectivity index is 2.65. The smallest absolute Gasteiger partial charge is 0.251 e. The fourth-order valence-electron chi connectivity index (χ4n) is 1.02. The fourth-order valence-corrected chi connectivity index (χ4v) is 1.54. The Morgan fingerprint density at radius 1 is 1.67 bits per heavy atom. The zero-order valence-corrected chi connectivity index (χ0v) is 9.86. The highest BCUT2D eigenvalue weighted by atomic mass is 35.5. The summed E-state index contributed by atoms with van der Waals surface area (Å²) in [6, 6.07) is 2.99. The third-order valence-corrected chi connectivity index (χ3v) is 2.47. The second-order valence-corrected chi connectivity index (χ2v) is 4.22. The second kappa shape index (κ2) is 5.82. The molecule has 82 valence electrons. The predicted octanol–water partition coefficient (Wildman–Crippen LogP) is 1.41. The van der Waals surface area contributed by atoms with Crippen LogP contribution in [0.3, 0.4) is 0 Å². The molecular weight excluding hydrogens is 234 g/mol. The number of anilines is 1. The molecule has 6 heteroatoms. The van der Waals surface area contributed by atoms with Crippen LogP contribution in [0.1, 0.15) is 10.4 Å². The number of halogens is 1. The first-order valence-corrected chi connectivity index (χ1v) is 6.11. The summed E-state index contributed by atoms with van der Waals surface area (Å²) < 4.78 is 0. The van der Waals surface area contributed by atoms with Crippen molar-refractivity contribution in [2.75, 3.05) is 24.3 Å². The molecule has 0 unspecified atom stereocenters. The van der Waals surface area contributed by atoms with E-state index in [-0.39, 0.29) is 16.9 Å². The van der Waals surface area contributed by atoms with Crippen LogP contribution in [0.4, 0.5) is 5.82 Å². The van der Waals surface area contributed by atoms with E-state index in [0.29, 0.717) is 12.1 Å². The highest BCUT2D eigenvalue weighted by Crippen LogP contribution is 2.11. The molecule has 0 spiro atoms. The SMILES string of the molecule is CSCCNC(=O)c1cc(N)nc(Cl)c1. The van der Waals surface area contributed by atoms with Gasteiger partial charge in [0.2, 0.25) is 0 Å². The number of nitrogens with one attached hydrogen (secondary N) is 1. The van der Waals surface area contributed by atoms with Gasteiger partial charge in [-0.05, 0) is 18.4 Å². The van der Waals surface area contributed by atoms with Crippen LogP contribution in [-0.4, -0.2) is 29.4 Å². The van der Waals surface area contributed by atoms with E-state index < -0.39 is 0 Å². The number of amides is 1. The van der Waals surface area contributed by atoms with Crippen LogP contribution in [0.15, 0.2) is 12.1 Å². The Morgan fingerprint density at radius 2 is 2.40 bits per heavy atom. The van der Waals surface area contributed by atoms with Crippen molar-refractivity contribution in [3.63, 3.8) is 0 Å². The molecule has 0 saturated heterocycles. The van der Waals surface area contributed by atoms with Crippen LogP contribution < -0.4 is 11.1 Å². The number of aromatic nitrogens is 1. The quantitative estimate of drug-likeness (QED) is 0.622. The maximum Gasteiger partial charge on any atom is 0.251 e. The number of thioether (sulfide) groups is 1. The van der Waals surface area contributed by atoms with Crippen LogP contribution in [0.25, 0.3) is 0 Å². The molecule has 0 fully saturated rings. The molecule has 0 aromatic carbocycles. The summed E-state index contributed by atoms with van der Waals surface area (Å²) in [6.07, 6.45) is 1.98. The maximum atomic E-state index is 11.6. The van der Waals surface area contributed by atoms with Crippen LogP contribution in [0.2, 0.25) is 5.15 Å². The number of carbonyl (C=O) groups is 1. The minimum Gasteiger partial charge on any atom is -0.384 e. The van der Waals surface area contributed by atoms with Crippen molar-refractivity contribution in [3.05, 3.63) is 22.8 Å². The third-order valence-electron chi connectivity index (χ3n) is 1.67. The summed E-state index contributed by atoms with van der Waals surface area (Å²) in [7, 11) is 0. The summed E-state index contributed by atoms with van der Waals surface area (Å²) in [4.78, 5) is 15.3. The number of nitrogens with two attached hydrogens (primary N) is 1. The first kappa shape index (κ1) is 12.1. The normalized spacial score (nSPS) is 10.0. The van der Waals surface area contributed by atoms with Crippen molar-refractivity contribution in [2.24, 2.45) is 0 Å². The Hall–Kier alpha value is -0.940. The second-order valence-electron chi connectivity index (χ2n) is 2.85. The molecule has 0 radical (unpaired) electrons. The molecular formula is C9H12ClN3OS. The summed E-state index contributed by atoms with van der Waals surface area (Å²) >= 11 is 7.35. The van der Waals surface area contributed by atoms with Crippen LogP contribution in [0.5, 0.6) is 0 Å². The summed E-state index contributed by atoms with van der Waals surface area (Å²) in [5.41, 5.74) is 5.91. The molecule has 1 amide bonds. The number of pyridine rings is 1. The van der Waals surface area contributed by atoms with E-state index in [1.165, 1.54) is 12.1 Å². The molecule has 0 bridgehead atoms. The molecule has 1 heterocycles. The zero-order valence-electron chi connectivity index (χ0n) is 8.29. The highest BCUT2D eigenvalue weighted by Gasteiger charge is 2.07. The third kappa shape index (κ3) is 3.97. The topological polar surface area (TPSA) is 68.0 Å². The largest absolute Gasteiger partial charge is 0.384 e. The molecule has 0 saturated carbocycles. The van der Waals surface area contributed by atoms with Crippen molar-refractivity contribution in [2.45, 2.75) is 0 Å². The summed E-state index contributed by atoms with van der Waals surface area (Å²) in [5.74, 6) is 0.942. The number of hydrogen-bond donors (Lipinski definition) is 2. The van der Waals surface area contributed by atoms with Crippen molar-refractivity contribution in [3.8, 4) is 0 Å². The first-order valence-electron chi connectivity index (χ1n) is 4.33. The first-order chi connectivity index (χ1) is 7.13. The Labute approximate surface area is 97.6 Å². The van der Waals surface area contributed by atoms with Gasteiger partial charge in [0, 0.05) is 17.9 Å². The van der Waals surface area contributed by atoms with Crippen molar-refractivity contribution < 1.29 is 4.79 Å². The van der Waals surface area contributed by atoms with E-state index in [1.54, 1.807) is 11.8 Å². The molecule has 0 atom stereocenters. The van der Waals surface area contributed by atoms with Gasteiger partial charge in [-0.1, -0.05) is 11.6 Å². The van der Waals surface area contributed by atoms with E-state index in [2.05, 4.69) is 10.3 Å². The van der Waals surface area contributed by atoms with Gasteiger partial charge in [0.25, 0.3) is 5.91 Å². The lowest BCUT2D eigenvalue weighted by atomic mass is 10.2. The van der Waals surface area contributed by atoms with Crippen molar-refractivity contribution in [1.82, 2.24) is 10.3 Å². The highest BCUT2D eigenvalue weighted by molar-refractivity contribution is 7.98. The average Bonchev–Trinajstić information content (AvgIpc) is 2.16.